The van der Waals surface area contributed by atoms with E-state index in [1.54, 1.807) is 7.11 Å². The van der Waals surface area contributed by atoms with Gasteiger partial charge in [-0.25, -0.2) is 9.78 Å². The normalized spacial score (nSPS) is 39.0. The Hall–Kier alpha value is -0.0800. The fourth-order valence-corrected chi connectivity index (χ4v) is 3.17. The molecule has 78 valence electrons. The largest absolute Gasteiger partial charge is 0.240 e. The SMILES string of the molecule is COOC1(C)CC(C)CC(C)(C)C1. The minimum absolute atomic E-state index is 0.0874. The molecule has 0 saturated heterocycles. The van der Waals surface area contributed by atoms with Crippen molar-refractivity contribution in [2.24, 2.45) is 11.3 Å². The second-order valence-corrected chi connectivity index (χ2v) is 5.55. The van der Waals surface area contributed by atoms with E-state index in [9.17, 15) is 0 Å². The molecule has 13 heavy (non-hydrogen) atoms. The fraction of sp³-hybridized carbons (Fsp3) is 1.00. The van der Waals surface area contributed by atoms with Gasteiger partial charge in [0.25, 0.3) is 0 Å². The lowest BCUT2D eigenvalue weighted by Crippen LogP contribution is -2.41. The molecule has 0 amide bonds. The van der Waals surface area contributed by atoms with Crippen LogP contribution in [0.1, 0.15) is 47.0 Å². The molecule has 0 bridgehead atoms. The van der Waals surface area contributed by atoms with Gasteiger partial charge in [0.15, 0.2) is 0 Å². The summed E-state index contributed by atoms with van der Waals surface area (Å²) in [4.78, 5) is 10.2. The molecule has 0 aromatic rings. The molecular weight excluding hydrogens is 164 g/mol. The first-order valence-electron chi connectivity index (χ1n) is 5.09. The third kappa shape index (κ3) is 2.96. The molecule has 0 heterocycles. The monoisotopic (exact) mass is 186 g/mol. The molecule has 0 N–H and O–H groups in total. The van der Waals surface area contributed by atoms with Gasteiger partial charge in [-0.1, -0.05) is 20.8 Å². The van der Waals surface area contributed by atoms with Crippen LogP contribution in [0.3, 0.4) is 0 Å². The van der Waals surface area contributed by atoms with Gasteiger partial charge in [0.2, 0.25) is 0 Å². The maximum atomic E-state index is 5.38. The summed E-state index contributed by atoms with van der Waals surface area (Å²) in [5.74, 6) is 0.726. The molecule has 0 aliphatic heterocycles. The van der Waals surface area contributed by atoms with Gasteiger partial charge in [-0.05, 0) is 37.5 Å². The zero-order valence-corrected chi connectivity index (χ0v) is 9.52. The van der Waals surface area contributed by atoms with Crippen molar-refractivity contribution in [3.05, 3.63) is 0 Å². The van der Waals surface area contributed by atoms with Gasteiger partial charge in [0, 0.05) is 0 Å². The second kappa shape index (κ2) is 3.58. The third-order valence-corrected chi connectivity index (χ3v) is 2.82. The molecule has 0 aromatic carbocycles. The molecule has 2 atom stereocenters. The van der Waals surface area contributed by atoms with Crippen LogP contribution in [0, 0.1) is 11.3 Å². The molecule has 2 heteroatoms. The lowest BCUT2D eigenvalue weighted by molar-refractivity contribution is -0.354. The molecule has 2 nitrogen and oxygen atoms in total. The van der Waals surface area contributed by atoms with E-state index in [1.165, 1.54) is 6.42 Å². The van der Waals surface area contributed by atoms with Crippen LogP contribution in [0.4, 0.5) is 0 Å². The van der Waals surface area contributed by atoms with Crippen LogP contribution in [0.25, 0.3) is 0 Å². The van der Waals surface area contributed by atoms with Crippen LogP contribution >= 0.6 is 0 Å². The van der Waals surface area contributed by atoms with E-state index in [4.69, 9.17) is 9.78 Å². The molecule has 2 unspecified atom stereocenters. The first-order valence-corrected chi connectivity index (χ1v) is 5.09. The van der Waals surface area contributed by atoms with Crippen molar-refractivity contribution >= 4 is 0 Å². The lowest BCUT2D eigenvalue weighted by Gasteiger charge is -2.44. The second-order valence-electron chi connectivity index (χ2n) is 5.55. The molecule has 0 aromatic heterocycles. The highest BCUT2D eigenvalue weighted by Gasteiger charge is 2.41. The molecule has 1 fully saturated rings. The molecule has 0 radical (unpaired) electrons. The zero-order valence-electron chi connectivity index (χ0n) is 9.52. The highest BCUT2D eigenvalue weighted by molar-refractivity contribution is 4.90. The zero-order chi connectivity index (χ0) is 10.1. The third-order valence-electron chi connectivity index (χ3n) is 2.82. The van der Waals surface area contributed by atoms with Gasteiger partial charge >= 0.3 is 0 Å². The summed E-state index contributed by atoms with van der Waals surface area (Å²) in [7, 11) is 1.59. The topological polar surface area (TPSA) is 18.5 Å². The van der Waals surface area contributed by atoms with Crippen molar-refractivity contribution < 1.29 is 9.78 Å². The van der Waals surface area contributed by atoms with E-state index in [1.807, 2.05) is 0 Å². The first-order chi connectivity index (χ1) is 5.87. The molecule has 1 rings (SSSR count). The maximum Gasteiger partial charge on any atom is 0.102 e. The summed E-state index contributed by atoms with van der Waals surface area (Å²) in [5, 5.41) is 0. The highest BCUT2D eigenvalue weighted by atomic mass is 17.2. The molecule has 1 aliphatic carbocycles. The molecule has 1 saturated carbocycles. The van der Waals surface area contributed by atoms with Gasteiger partial charge in [0.1, 0.15) is 5.60 Å². The van der Waals surface area contributed by atoms with Crippen molar-refractivity contribution in [1.82, 2.24) is 0 Å². The first kappa shape index (κ1) is 11.0. The van der Waals surface area contributed by atoms with Crippen LogP contribution < -0.4 is 0 Å². The highest BCUT2D eigenvalue weighted by Crippen LogP contribution is 2.45. The van der Waals surface area contributed by atoms with E-state index < -0.39 is 0 Å². The van der Waals surface area contributed by atoms with Gasteiger partial charge in [0.05, 0.1) is 7.11 Å². The quantitative estimate of drug-likeness (QED) is 0.487. The Morgan fingerprint density at radius 2 is 1.77 bits per heavy atom. The van der Waals surface area contributed by atoms with Gasteiger partial charge < -0.3 is 0 Å². The Bertz CT molecular complexity index is 177. The minimum Gasteiger partial charge on any atom is -0.240 e. The Kier molecular flexibility index (Phi) is 3.03. The van der Waals surface area contributed by atoms with E-state index in [-0.39, 0.29) is 5.60 Å². The van der Waals surface area contributed by atoms with Crippen molar-refractivity contribution in [2.45, 2.75) is 52.6 Å². The fourth-order valence-electron chi connectivity index (χ4n) is 3.17. The number of hydrogen-bond acceptors (Lipinski definition) is 2. The predicted molar refractivity (Wildman–Crippen MR) is 53.3 cm³/mol. The Morgan fingerprint density at radius 1 is 1.15 bits per heavy atom. The summed E-state index contributed by atoms with van der Waals surface area (Å²) in [6, 6.07) is 0. The van der Waals surface area contributed by atoms with E-state index in [2.05, 4.69) is 27.7 Å². The van der Waals surface area contributed by atoms with E-state index >= 15 is 0 Å². The minimum atomic E-state index is -0.0874. The smallest absolute Gasteiger partial charge is 0.102 e. The van der Waals surface area contributed by atoms with Crippen molar-refractivity contribution in [3.63, 3.8) is 0 Å². The summed E-state index contributed by atoms with van der Waals surface area (Å²) >= 11 is 0. The van der Waals surface area contributed by atoms with Crippen molar-refractivity contribution in [1.29, 1.82) is 0 Å². The van der Waals surface area contributed by atoms with Gasteiger partial charge in [-0.3, -0.25) is 0 Å². The number of rotatable bonds is 2. The van der Waals surface area contributed by atoms with Crippen LogP contribution in [-0.4, -0.2) is 12.7 Å². The predicted octanol–water partition coefficient (Wildman–Crippen LogP) is 3.17. The van der Waals surface area contributed by atoms with Crippen molar-refractivity contribution in [2.75, 3.05) is 7.11 Å². The molecular formula is C11H22O2. The van der Waals surface area contributed by atoms with E-state index in [0.29, 0.717) is 5.41 Å². The Balaban J connectivity index is 2.66. The maximum absolute atomic E-state index is 5.38. The average molecular weight is 186 g/mol. The van der Waals surface area contributed by atoms with Gasteiger partial charge in [-0.2, -0.15) is 0 Å². The van der Waals surface area contributed by atoms with E-state index in [0.717, 1.165) is 18.8 Å². The molecule has 1 aliphatic rings. The number of hydrogen-bond donors (Lipinski definition) is 0. The van der Waals surface area contributed by atoms with Gasteiger partial charge in [-0.15, -0.1) is 0 Å². The lowest BCUT2D eigenvalue weighted by atomic mass is 9.66. The van der Waals surface area contributed by atoms with Crippen LogP contribution in [-0.2, 0) is 9.78 Å². The summed E-state index contributed by atoms with van der Waals surface area (Å²) in [6.07, 6.45) is 3.47. The average Bonchev–Trinajstić information content (AvgIpc) is 1.78. The summed E-state index contributed by atoms with van der Waals surface area (Å²) < 4.78 is 0. The standard InChI is InChI=1S/C11H22O2/c1-9-6-10(2,3)8-11(4,7-9)13-12-5/h9H,6-8H2,1-5H3. The Morgan fingerprint density at radius 3 is 2.23 bits per heavy atom. The summed E-state index contributed by atoms with van der Waals surface area (Å²) in [6.45, 7) is 9.05. The van der Waals surface area contributed by atoms with Crippen molar-refractivity contribution in [3.8, 4) is 0 Å². The van der Waals surface area contributed by atoms with Crippen LogP contribution in [0.5, 0.6) is 0 Å². The van der Waals surface area contributed by atoms with Crippen LogP contribution in [0.15, 0.2) is 0 Å². The Labute approximate surface area is 81.5 Å². The summed E-state index contributed by atoms with van der Waals surface area (Å²) in [5.41, 5.74) is 0.293. The van der Waals surface area contributed by atoms with Crippen LogP contribution in [0.2, 0.25) is 0 Å². The molecule has 0 spiro atoms.